The molecule has 2 atom stereocenters. The van der Waals surface area contributed by atoms with E-state index in [9.17, 15) is 22.8 Å². The fourth-order valence-electron chi connectivity index (χ4n) is 3.46. The van der Waals surface area contributed by atoms with Crippen LogP contribution in [0.5, 0.6) is 0 Å². The van der Waals surface area contributed by atoms with Crippen molar-refractivity contribution < 1.29 is 22.8 Å². The number of piperidine rings is 1. The maximum atomic E-state index is 13.0. The number of hydrogen-bond acceptors (Lipinski definition) is 3. The standard InChI is InChI=1S/C17H19ClF3N3O2/c1-16(11-4-6-13(18)7-5-11)14(25)24(15(26)22-16)10-23-8-2-3-12(9-23)17(19,20)21/h4-7,12H,2-3,8-10H2,1H3,(H,22,26)/t12-,16+/m1/s1. The molecule has 1 N–H and O–H groups in total. The molecule has 2 aliphatic rings. The molecule has 2 aliphatic heterocycles. The van der Waals surface area contributed by atoms with Gasteiger partial charge in [0.25, 0.3) is 5.91 Å². The minimum atomic E-state index is -4.27. The van der Waals surface area contributed by atoms with Crippen molar-refractivity contribution in [3.05, 3.63) is 34.9 Å². The first-order valence-corrected chi connectivity index (χ1v) is 8.68. The molecule has 0 spiro atoms. The summed E-state index contributed by atoms with van der Waals surface area (Å²) in [6.07, 6.45) is -3.82. The Labute approximate surface area is 154 Å². The highest BCUT2D eigenvalue weighted by Gasteiger charge is 2.50. The molecule has 2 fully saturated rings. The van der Waals surface area contributed by atoms with E-state index in [1.165, 1.54) is 4.90 Å². The van der Waals surface area contributed by atoms with Crippen molar-refractivity contribution in [1.82, 2.24) is 15.1 Å². The van der Waals surface area contributed by atoms with Crippen molar-refractivity contribution in [3.8, 4) is 0 Å². The van der Waals surface area contributed by atoms with E-state index in [4.69, 9.17) is 11.6 Å². The van der Waals surface area contributed by atoms with E-state index in [2.05, 4.69) is 5.32 Å². The first-order valence-electron chi connectivity index (χ1n) is 8.30. The second-order valence-electron chi connectivity index (χ2n) is 6.89. The molecule has 9 heteroatoms. The van der Waals surface area contributed by atoms with Gasteiger partial charge in [0.2, 0.25) is 0 Å². The summed E-state index contributed by atoms with van der Waals surface area (Å²) in [4.78, 5) is 27.6. The molecule has 0 bridgehead atoms. The van der Waals surface area contributed by atoms with Gasteiger partial charge in [0.1, 0.15) is 5.54 Å². The lowest BCUT2D eigenvalue weighted by atomic mass is 9.92. The summed E-state index contributed by atoms with van der Waals surface area (Å²) in [5, 5.41) is 3.14. The van der Waals surface area contributed by atoms with Gasteiger partial charge in [0, 0.05) is 11.6 Å². The van der Waals surface area contributed by atoms with Crippen LogP contribution in [0.3, 0.4) is 0 Å². The molecule has 0 saturated carbocycles. The van der Waals surface area contributed by atoms with E-state index in [0.29, 0.717) is 23.6 Å². The maximum absolute atomic E-state index is 13.0. The maximum Gasteiger partial charge on any atom is 0.393 e. The molecular weight excluding hydrogens is 371 g/mol. The van der Waals surface area contributed by atoms with Crippen LogP contribution in [-0.4, -0.2) is 47.7 Å². The Hall–Kier alpha value is -1.80. The highest BCUT2D eigenvalue weighted by Crippen LogP contribution is 2.34. The van der Waals surface area contributed by atoms with Crippen molar-refractivity contribution in [3.63, 3.8) is 0 Å². The van der Waals surface area contributed by atoms with Crippen LogP contribution >= 0.6 is 11.6 Å². The lowest BCUT2D eigenvalue weighted by Crippen LogP contribution is -2.48. The Kier molecular flexibility index (Phi) is 4.92. The van der Waals surface area contributed by atoms with E-state index >= 15 is 0 Å². The first kappa shape index (κ1) is 19.0. The minimum Gasteiger partial charge on any atom is -0.319 e. The summed E-state index contributed by atoms with van der Waals surface area (Å²) >= 11 is 5.86. The molecule has 3 rings (SSSR count). The minimum absolute atomic E-state index is 0.0721. The monoisotopic (exact) mass is 389 g/mol. The van der Waals surface area contributed by atoms with Crippen molar-refractivity contribution in [2.24, 2.45) is 5.92 Å². The Morgan fingerprint density at radius 1 is 1.27 bits per heavy atom. The van der Waals surface area contributed by atoms with E-state index in [1.807, 2.05) is 0 Å². The van der Waals surface area contributed by atoms with Gasteiger partial charge in [-0.3, -0.25) is 9.69 Å². The van der Waals surface area contributed by atoms with Gasteiger partial charge in [0.15, 0.2) is 0 Å². The first-order chi connectivity index (χ1) is 12.1. The number of amides is 3. The van der Waals surface area contributed by atoms with Crippen LogP contribution in [-0.2, 0) is 10.3 Å². The number of carbonyl (C=O) groups is 2. The number of rotatable bonds is 3. The number of carbonyl (C=O) groups excluding carboxylic acids is 2. The lowest BCUT2D eigenvalue weighted by molar-refractivity contribution is -0.187. The second kappa shape index (κ2) is 6.74. The zero-order valence-electron chi connectivity index (χ0n) is 14.1. The zero-order chi connectivity index (χ0) is 19.1. The molecule has 0 aromatic heterocycles. The predicted octanol–water partition coefficient (Wildman–Crippen LogP) is 3.34. The number of hydrogen-bond donors (Lipinski definition) is 1. The van der Waals surface area contributed by atoms with E-state index in [0.717, 1.165) is 4.90 Å². The van der Waals surface area contributed by atoms with Gasteiger partial charge in [-0.1, -0.05) is 23.7 Å². The number of halogens is 4. The average Bonchev–Trinajstić information content (AvgIpc) is 2.79. The van der Waals surface area contributed by atoms with Crippen molar-refractivity contribution >= 4 is 23.5 Å². The van der Waals surface area contributed by atoms with Crippen LogP contribution in [0.4, 0.5) is 18.0 Å². The van der Waals surface area contributed by atoms with Crippen LogP contribution in [0.2, 0.25) is 5.02 Å². The average molecular weight is 390 g/mol. The molecule has 0 radical (unpaired) electrons. The van der Waals surface area contributed by atoms with Gasteiger partial charge in [-0.2, -0.15) is 13.2 Å². The van der Waals surface area contributed by atoms with Crippen LogP contribution in [0.1, 0.15) is 25.3 Å². The summed E-state index contributed by atoms with van der Waals surface area (Å²) in [7, 11) is 0. The Morgan fingerprint density at radius 2 is 1.92 bits per heavy atom. The molecule has 2 heterocycles. The third-order valence-electron chi connectivity index (χ3n) is 5.01. The Balaban J connectivity index is 1.74. The highest BCUT2D eigenvalue weighted by atomic mass is 35.5. The van der Waals surface area contributed by atoms with E-state index in [1.54, 1.807) is 31.2 Å². The van der Waals surface area contributed by atoms with Crippen LogP contribution in [0.25, 0.3) is 0 Å². The number of likely N-dealkylation sites (tertiary alicyclic amines) is 1. The quantitative estimate of drug-likeness (QED) is 0.807. The predicted molar refractivity (Wildman–Crippen MR) is 89.4 cm³/mol. The molecule has 2 saturated heterocycles. The Morgan fingerprint density at radius 3 is 2.54 bits per heavy atom. The molecule has 0 aliphatic carbocycles. The molecule has 142 valence electrons. The van der Waals surface area contributed by atoms with Gasteiger partial charge in [-0.15, -0.1) is 0 Å². The molecular formula is C17H19ClF3N3O2. The van der Waals surface area contributed by atoms with E-state index < -0.39 is 29.6 Å². The fourth-order valence-corrected chi connectivity index (χ4v) is 3.58. The summed E-state index contributed by atoms with van der Waals surface area (Å²) in [5.74, 6) is -1.92. The molecule has 26 heavy (non-hydrogen) atoms. The van der Waals surface area contributed by atoms with Crippen LogP contribution < -0.4 is 5.32 Å². The molecule has 3 amide bonds. The number of benzene rings is 1. The lowest BCUT2D eigenvalue weighted by Gasteiger charge is -2.35. The fraction of sp³-hybridized carbons (Fsp3) is 0.529. The number of nitrogens with zero attached hydrogens (tertiary/aromatic N) is 2. The van der Waals surface area contributed by atoms with Gasteiger partial charge in [-0.25, -0.2) is 9.69 Å². The number of alkyl halides is 3. The number of nitrogens with one attached hydrogen (secondary N) is 1. The third-order valence-corrected chi connectivity index (χ3v) is 5.26. The number of imide groups is 1. The number of urea groups is 1. The summed E-state index contributed by atoms with van der Waals surface area (Å²) in [6, 6.07) is 5.91. The van der Waals surface area contributed by atoms with Gasteiger partial charge >= 0.3 is 12.2 Å². The van der Waals surface area contributed by atoms with Gasteiger partial charge < -0.3 is 5.32 Å². The van der Waals surface area contributed by atoms with Crippen molar-refractivity contribution in [2.75, 3.05) is 19.8 Å². The van der Waals surface area contributed by atoms with E-state index in [-0.39, 0.29) is 19.6 Å². The SMILES string of the molecule is C[C@@]1(c2ccc(Cl)cc2)NC(=O)N(CN2CCC[C@@H](C(F)(F)F)C2)C1=O. The van der Waals surface area contributed by atoms with Gasteiger partial charge in [0.05, 0.1) is 12.6 Å². The molecule has 1 aromatic rings. The summed E-state index contributed by atoms with van der Waals surface area (Å²) in [5.41, 5.74) is -0.699. The zero-order valence-corrected chi connectivity index (χ0v) is 14.9. The largest absolute Gasteiger partial charge is 0.393 e. The third kappa shape index (κ3) is 3.53. The topological polar surface area (TPSA) is 52.7 Å². The normalized spacial score (nSPS) is 27.7. The Bertz CT molecular complexity index is 710. The molecule has 1 aromatic carbocycles. The van der Waals surface area contributed by atoms with Crippen LogP contribution in [0, 0.1) is 5.92 Å². The van der Waals surface area contributed by atoms with Crippen molar-refractivity contribution in [1.29, 1.82) is 0 Å². The van der Waals surface area contributed by atoms with Crippen molar-refractivity contribution in [2.45, 2.75) is 31.5 Å². The summed E-state index contributed by atoms with van der Waals surface area (Å²) in [6.45, 7) is 1.63. The second-order valence-corrected chi connectivity index (χ2v) is 7.33. The molecule has 0 unspecified atom stereocenters. The highest BCUT2D eigenvalue weighted by molar-refractivity contribution is 6.30. The smallest absolute Gasteiger partial charge is 0.319 e. The molecule has 5 nitrogen and oxygen atoms in total. The summed E-state index contributed by atoms with van der Waals surface area (Å²) < 4.78 is 38.9. The van der Waals surface area contributed by atoms with Crippen LogP contribution in [0.15, 0.2) is 24.3 Å². The van der Waals surface area contributed by atoms with Gasteiger partial charge in [-0.05, 0) is 44.0 Å².